The summed E-state index contributed by atoms with van der Waals surface area (Å²) in [6, 6.07) is 15.0. The zero-order valence-electron chi connectivity index (χ0n) is 19.7. The number of halogens is 4. The SMILES string of the molecule is Cc1c(Oc2cccc(OC(C)C(=O)[O-])c2)c2cc(OC(F)(F)F)ccc2n1-c1noc2cc(Cl)ccc12. The molecular weight excluding hydrogens is 529 g/mol. The first-order valence-electron chi connectivity index (χ1n) is 11.1. The number of carboxylic acid groups (broad SMARTS) is 1. The van der Waals surface area contributed by atoms with Crippen LogP contribution in [0.25, 0.3) is 27.7 Å². The molecule has 3 aromatic carbocycles. The molecule has 0 fully saturated rings. The second-order valence-electron chi connectivity index (χ2n) is 8.28. The summed E-state index contributed by atoms with van der Waals surface area (Å²) < 4.78 is 61.6. The molecule has 0 N–H and O–H groups in total. The highest BCUT2D eigenvalue weighted by atomic mass is 35.5. The highest BCUT2D eigenvalue weighted by Gasteiger charge is 2.32. The smallest absolute Gasteiger partial charge is 0.546 e. The number of carbonyl (C=O) groups is 1. The first-order valence-corrected chi connectivity index (χ1v) is 11.5. The molecule has 12 heteroatoms. The fraction of sp³-hybridized carbons (Fsp3) is 0.154. The molecule has 1 atom stereocenters. The van der Waals surface area contributed by atoms with E-state index in [-0.39, 0.29) is 17.2 Å². The van der Waals surface area contributed by atoms with Crippen LogP contribution in [0.4, 0.5) is 13.2 Å². The molecule has 5 rings (SSSR count). The number of carboxylic acids is 1. The lowest BCUT2D eigenvalue weighted by Crippen LogP contribution is -2.37. The van der Waals surface area contributed by atoms with Crippen molar-refractivity contribution in [3.63, 3.8) is 0 Å². The third-order valence-corrected chi connectivity index (χ3v) is 5.88. The largest absolute Gasteiger partial charge is 0.573 e. The van der Waals surface area contributed by atoms with E-state index in [2.05, 4.69) is 9.89 Å². The molecule has 0 spiro atoms. The highest BCUT2D eigenvalue weighted by Crippen LogP contribution is 2.42. The van der Waals surface area contributed by atoms with Crippen molar-refractivity contribution in [2.24, 2.45) is 0 Å². The molecule has 2 heterocycles. The topological polar surface area (TPSA) is 98.8 Å². The Labute approximate surface area is 217 Å². The van der Waals surface area contributed by atoms with E-state index in [1.54, 1.807) is 41.8 Å². The third-order valence-electron chi connectivity index (χ3n) is 5.65. The summed E-state index contributed by atoms with van der Waals surface area (Å²) in [5.74, 6) is -0.811. The van der Waals surface area contributed by atoms with Crippen LogP contribution in [-0.2, 0) is 4.79 Å². The van der Waals surface area contributed by atoms with Gasteiger partial charge in [-0.25, -0.2) is 0 Å². The number of carbonyl (C=O) groups excluding carboxylic acids is 1. The Bertz CT molecular complexity index is 1680. The number of ether oxygens (including phenoxy) is 3. The van der Waals surface area contributed by atoms with Gasteiger partial charge in [0.15, 0.2) is 17.2 Å². The van der Waals surface area contributed by atoms with Gasteiger partial charge in [0.2, 0.25) is 0 Å². The van der Waals surface area contributed by atoms with E-state index in [0.29, 0.717) is 38.4 Å². The molecule has 0 aliphatic carbocycles. The average molecular weight is 546 g/mol. The summed E-state index contributed by atoms with van der Waals surface area (Å²) in [6.07, 6.45) is -6.11. The highest BCUT2D eigenvalue weighted by molar-refractivity contribution is 6.31. The molecule has 0 bridgehead atoms. The fourth-order valence-corrected chi connectivity index (χ4v) is 4.17. The van der Waals surface area contributed by atoms with Gasteiger partial charge in [-0.3, -0.25) is 4.57 Å². The van der Waals surface area contributed by atoms with Crippen molar-refractivity contribution in [2.75, 3.05) is 0 Å². The summed E-state index contributed by atoms with van der Waals surface area (Å²) in [7, 11) is 0. The Morgan fingerprint density at radius 1 is 1.05 bits per heavy atom. The number of hydrogen-bond donors (Lipinski definition) is 0. The van der Waals surface area contributed by atoms with Gasteiger partial charge in [-0.15, -0.1) is 13.2 Å². The number of fused-ring (bicyclic) bond motifs is 2. The second-order valence-corrected chi connectivity index (χ2v) is 8.72. The predicted octanol–water partition coefficient (Wildman–Crippen LogP) is 5.94. The van der Waals surface area contributed by atoms with Crippen molar-refractivity contribution in [2.45, 2.75) is 26.3 Å². The predicted molar refractivity (Wildman–Crippen MR) is 129 cm³/mol. The minimum atomic E-state index is -4.89. The van der Waals surface area contributed by atoms with Crippen LogP contribution < -0.4 is 19.3 Å². The molecule has 38 heavy (non-hydrogen) atoms. The Balaban J connectivity index is 1.65. The molecule has 8 nitrogen and oxygen atoms in total. The summed E-state index contributed by atoms with van der Waals surface area (Å²) >= 11 is 6.06. The van der Waals surface area contributed by atoms with E-state index < -0.39 is 24.2 Å². The number of rotatable bonds is 7. The van der Waals surface area contributed by atoms with Crippen LogP contribution in [0.3, 0.4) is 0 Å². The fourth-order valence-electron chi connectivity index (χ4n) is 4.01. The van der Waals surface area contributed by atoms with Crippen LogP contribution in [0.5, 0.6) is 23.0 Å². The van der Waals surface area contributed by atoms with Crippen LogP contribution in [-0.4, -0.2) is 28.2 Å². The Morgan fingerprint density at radius 3 is 2.55 bits per heavy atom. The second kappa shape index (κ2) is 9.49. The van der Waals surface area contributed by atoms with Crippen molar-refractivity contribution >= 4 is 39.4 Å². The monoisotopic (exact) mass is 545 g/mol. The van der Waals surface area contributed by atoms with Gasteiger partial charge < -0.3 is 28.6 Å². The summed E-state index contributed by atoms with van der Waals surface area (Å²) in [4.78, 5) is 11.0. The molecule has 0 amide bonds. The van der Waals surface area contributed by atoms with E-state index in [1.165, 1.54) is 37.3 Å². The van der Waals surface area contributed by atoms with Crippen LogP contribution in [0.2, 0.25) is 5.02 Å². The van der Waals surface area contributed by atoms with Crippen LogP contribution in [0.15, 0.2) is 65.2 Å². The maximum Gasteiger partial charge on any atom is 0.573 e. The molecule has 2 aromatic heterocycles. The van der Waals surface area contributed by atoms with Crippen LogP contribution >= 0.6 is 11.6 Å². The maximum atomic E-state index is 13.0. The van der Waals surface area contributed by atoms with Crippen molar-refractivity contribution in [1.82, 2.24) is 9.72 Å². The molecule has 0 aliphatic heterocycles. The number of benzene rings is 3. The molecule has 5 aromatic rings. The number of hydrogen-bond acceptors (Lipinski definition) is 7. The Morgan fingerprint density at radius 2 is 1.82 bits per heavy atom. The molecule has 0 saturated carbocycles. The van der Waals surface area contributed by atoms with Gasteiger partial charge in [0.1, 0.15) is 23.4 Å². The lowest BCUT2D eigenvalue weighted by Gasteiger charge is -2.16. The van der Waals surface area contributed by atoms with Gasteiger partial charge in [-0.05, 0) is 56.3 Å². The van der Waals surface area contributed by atoms with Crippen molar-refractivity contribution < 1.29 is 41.8 Å². The van der Waals surface area contributed by atoms with Crippen molar-refractivity contribution in [3.05, 3.63) is 71.4 Å². The van der Waals surface area contributed by atoms with E-state index >= 15 is 0 Å². The van der Waals surface area contributed by atoms with Crippen molar-refractivity contribution in [1.29, 1.82) is 0 Å². The normalized spacial score (nSPS) is 12.6. The average Bonchev–Trinajstić information content (AvgIpc) is 3.36. The number of aromatic nitrogens is 2. The molecule has 1 unspecified atom stereocenters. The molecule has 0 saturated heterocycles. The lowest BCUT2D eigenvalue weighted by molar-refractivity contribution is -0.312. The van der Waals surface area contributed by atoms with Crippen LogP contribution in [0.1, 0.15) is 12.6 Å². The number of alkyl halides is 3. The van der Waals surface area contributed by atoms with Gasteiger partial charge in [0, 0.05) is 22.5 Å². The van der Waals surface area contributed by atoms with Gasteiger partial charge >= 0.3 is 6.36 Å². The van der Waals surface area contributed by atoms with E-state index in [0.717, 1.165) is 0 Å². The molecule has 196 valence electrons. The van der Waals surface area contributed by atoms with E-state index in [1.807, 2.05) is 0 Å². The minimum absolute atomic E-state index is 0.195. The van der Waals surface area contributed by atoms with Gasteiger partial charge in [0.25, 0.3) is 0 Å². The summed E-state index contributed by atoms with van der Waals surface area (Å²) in [5, 5.41) is 16.6. The standard InChI is InChI=1S/C26H18ClF3N2O6/c1-13-23(36-17-5-3-4-16(11-17)35-14(2)25(33)34)20-12-18(37-26(28,29)30)7-9-21(20)32(13)24-19-8-6-15(27)10-22(19)38-31-24/h3-12,14H,1-2H3,(H,33,34)/p-1. The lowest BCUT2D eigenvalue weighted by atomic mass is 10.2. The quantitative estimate of drug-likeness (QED) is 0.249. The molecular formula is C26H17ClF3N2O6-. The minimum Gasteiger partial charge on any atom is -0.546 e. The van der Waals surface area contributed by atoms with E-state index in [9.17, 15) is 23.1 Å². The summed E-state index contributed by atoms with van der Waals surface area (Å²) in [5.41, 5.74) is 1.37. The molecule has 0 aliphatic rings. The third kappa shape index (κ3) is 4.92. The van der Waals surface area contributed by atoms with Crippen molar-refractivity contribution in [3.8, 4) is 28.8 Å². The van der Waals surface area contributed by atoms with Gasteiger partial charge in [0.05, 0.1) is 22.6 Å². The van der Waals surface area contributed by atoms with Gasteiger partial charge in [-0.2, -0.15) is 0 Å². The van der Waals surface area contributed by atoms with E-state index in [4.69, 9.17) is 25.6 Å². The zero-order valence-corrected chi connectivity index (χ0v) is 20.5. The number of nitrogens with zero attached hydrogens (tertiary/aromatic N) is 2. The van der Waals surface area contributed by atoms with Gasteiger partial charge in [-0.1, -0.05) is 22.8 Å². The summed E-state index contributed by atoms with van der Waals surface area (Å²) in [6.45, 7) is 3.02. The molecule has 0 radical (unpaired) electrons. The first-order chi connectivity index (χ1) is 18.0. The Hall–Kier alpha value is -4.38. The maximum absolute atomic E-state index is 13.0. The number of aliphatic carboxylic acids is 1. The Kier molecular flexibility index (Phi) is 6.31. The van der Waals surface area contributed by atoms with Crippen LogP contribution in [0, 0.1) is 6.92 Å². The first kappa shape index (κ1) is 25.3. The zero-order chi connectivity index (χ0) is 27.2.